The van der Waals surface area contributed by atoms with Crippen molar-refractivity contribution in [1.29, 1.82) is 0 Å². The Balaban J connectivity index is 2.42. The summed E-state index contributed by atoms with van der Waals surface area (Å²) < 4.78 is 10.8. The van der Waals surface area contributed by atoms with Crippen molar-refractivity contribution in [3.8, 4) is 5.75 Å². The van der Waals surface area contributed by atoms with E-state index in [1.54, 1.807) is 6.08 Å². The number of nitrogens with one attached hydrogen (secondary N) is 1. The van der Waals surface area contributed by atoms with Crippen LogP contribution in [0, 0.1) is 0 Å². The summed E-state index contributed by atoms with van der Waals surface area (Å²) in [6.45, 7) is 4.65. The van der Waals surface area contributed by atoms with Crippen molar-refractivity contribution < 1.29 is 14.3 Å². The lowest BCUT2D eigenvalue weighted by atomic mass is 10.2. The van der Waals surface area contributed by atoms with Gasteiger partial charge in [0, 0.05) is 24.7 Å². The molecule has 1 aromatic rings. The molecule has 0 saturated heterocycles. The Morgan fingerprint density at radius 1 is 1.29 bits per heavy atom. The zero-order chi connectivity index (χ0) is 15.3. The molecule has 0 aliphatic rings. The van der Waals surface area contributed by atoms with Gasteiger partial charge in [-0.2, -0.15) is 0 Å². The smallest absolute Gasteiger partial charge is 0.244 e. The van der Waals surface area contributed by atoms with Gasteiger partial charge in [-0.25, -0.2) is 0 Å². The van der Waals surface area contributed by atoms with Gasteiger partial charge in [0.1, 0.15) is 5.75 Å². The number of amides is 1. The SMILES string of the molecule is CCCOc1ccccc1/C=C/C(=O)NCCOCCN. The first-order chi connectivity index (χ1) is 10.3. The second-order valence-corrected chi connectivity index (χ2v) is 4.41. The molecule has 5 nitrogen and oxygen atoms in total. The number of hydrogen-bond acceptors (Lipinski definition) is 4. The average molecular weight is 292 g/mol. The van der Waals surface area contributed by atoms with Crippen molar-refractivity contribution in [2.75, 3.05) is 32.9 Å². The van der Waals surface area contributed by atoms with Crippen molar-refractivity contribution in [2.24, 2.45) is 5.73 Å². The van der Waals surface area contributed by atoms with Gasteiger partial charge in [0.2, 0.25) is 5.91 Å². The van der Waals surface area contributed by atoms with Crippen molar-refractivity contribution in [1.82, 2.24) is 5.32 Å². The summed E-state index contributed by atoms with van der Waals surface area (Å²) in [7, 11) is 0. The number of carbonyl (C=O) groups is 1. The van der Waals surface area contributed by atoms with Crippen LogP contribution in [0.1, 0.15) is 18.9 Å². The molecule has 0 heterocycles. The number of nitrogens with two attached hydrogens (primary N) is 1. The van der Waals surface area contributed by atoms with E-state index in [4.69, 9.17) is 15.2 Å². The number of para-hydroxylation sites is 1. The van der Waals surface area contributed by atoms with E-state index in [9.17, 15) is 4.79 Å². The molecule has 116 valence electrons. The van der Waals surface area contributed by atoms with Crippen LogP contribution in [0.25, 0.3) is 6.08 Å². The van der Waals surface area contributed by atoms with Gasteiger partial charge < -0.3 is 20.5 Å². The maximum Gasteiger partial charge on any atom is 0.244 e. The van der Waals surface area contributed by atoms with Crippen molar-refractivity contribution >= 4 is 12.0 Å². The van der Waals surface area contributed by atoms with Crippen molar-refractivity contribution in [3.63, 3.8) is 0 Å². The minimum absolute atomic E-state index is 0.156. The van der Waals surface area contributed by atoms with Crippen LogP contribution in [-0.4, -0.2) is 38.8 Å². The predicted molar refractivity (Wildman–Crippen MR) is 84.1 cm³/mol. The van der Waals surface area contributed by atoms with E-state index in [1.807, 2.05) is 24.3 Å². The second kappa shape index (κ2) is 10.9. The van der Waals surface area contributed by atoms with Gasteiger partial charge in [0.15, 0.2) is 0 Å². The Kier molecular flexibility index (Phi) is 8.91. The monoisotopic (exact) mass is 292 g/mol. The van der Waals surface area contributed by atoms with Crippen LogP contribution in [0.5, 0.6) is 5.75 Å². The quantitative estimate of drug-likeness (QED) is 0.507. The molecule has 0 aliphatic heterocycles. The number of benzene rings is 1. The molecule has 0 atom stereocenters. The van der Waals surface area contributed by atoms with Gasteiger partial charge in [0.25, 0.3) is 0 Å². The topological polar surface area (TPSA) is 73.6 Å². The molecule has 0 aliphatic carbocycles. The van der Waals surface area contributed by atoms with Gasteiger partial charge >= 0.3 is 0 Å². The fourth-order valence-corrected chi connectivity index (χ4v) is 1.62. The third-order valence-electron chi connectivity index (χ3n) is 2.60. The molecule has 21 heavy (non-hydrogen) atoms. The Morgan fingerprint density at radius 3 is 2.86 bits per heavy atom. The van der Waals surface area contributed by atoms with Crippen LogP contribution < -0.4 is 15.8 Å². The van der Waals surface area contributed by atoms with E-state index in [-0.39, 0.29) is 5.91 Å². The Morgan fingerprint density at radius 2 is 2.10 bits per heavy atom. The number of ether oxygens (including phenoxy) is 2. The first-order valence-corrected chi connectivity index (χ1v) is 7.23. The van der Waals surface area contributed by atoms with E-state index in [0.29, 0.717) is 32.9 Å². The summed E-state index contributed by atoms with van der Waals surface area (Å²) in [5, 5.41) is 2.74. The van der Waals surface area contributed by atoms with Crippen LogP contribution in [-0.2, 0) is 9.53 Å². The van der Waals surface area contributed by atoms with Gasteiger partial charge in [0.05, 0.1) is 19.8 Å². The average Bonchev–Trinajstić information content (AvgIpc) is 2.51. The van der Waals surface area contributed by atoms with Gasteiger partial charge in [-0.15, -0.1) is 0 Å². The highest BCUT2D eigenvalue weighted by Gasteiger charge is 2.00. The zero-order valence-electron chi connectivity index (χ0n) is 12.5. The minimum Gasteiger partial charge on any atom is -0.493 e. The summed E-state index contributed by atoms with van der Waals surface area (Å²) >= 11 is 0. The lowest BCUT2D eigenvalue weighted by molar-refractivity contribution is -0.116. The van der Waals surface area contributed by atoms with Gasteiger partial charge in [-0.1, -0.05) is 25.1 Å². The third-order valence-corrected chi connectivity index (χ3v) is 2.60. The number of rotatable bonds is 10. The van der Waals surface area contributed by atoms with E-state index in [1.165, 1.54) is 6.08 Å². The molecule has 0 spiro atoms. The molecule has 1 aromatic carbocycles. The van der Waals surface area contributed by atoms with Crippen molar-refractivity contribution in [3.05, 3.63) is 35.9 Å². The molecule has 3 N–H and O–H groups in total. The van der Waals surface area contributed by atoms with E-state index < -0.39 is 0 Å². The molecule has 0 bridgehead atoms. The van der Waals surface area contributed by atoms with Crippen LogP contribution in [0.2, 0.25) is 0 Å². The molecule has 0 saturated carbocycles. The highest BCUT2D eigenvalue weighted by atomic mass is 16.5. The first-order valence-electron chi connectivity index (χ1n) is 7.23. The van der Waals surface area contributed by atoms with E-state index in [0.717, 1.165) is 17.7 Å². The Hall–Kier alpha value is -1.85. The lowest BCUT2D eigenvalue weighted by Crippen LogP contribution is -2.26. The third kappa shape index (κ3) is 7.48. The molecule has 1 amide bonds. The highest BCUT2D eigenvalue weighted by Crippen LogP contribution is 2.19. The minimum atomic E-state index is -0.156. The summed E-state index contributed by atoms with van der Waals surface area (Å²) in [5.74, 6) is 0.631. The molecular weight excluding hydrogens is 268 g/mol. The van der Waals surface area contributed by atoms with Crippen LogP contribution >= 0.6 is 0 Å². The Labute approximate surface area is 126 Å². The standard InChI is InChI=1S/C16H24N2O3/c1-2-11-21-15-6-4-3-5-14(15)7-8-16(19)18-10-13-20-12-9-17/h3-8H,2,9-13,17H2,1H3,(H,18,19)/b8-7+. The molecular formula is C16H24N2O3. The maximum absolute atomic E-state index is 11.7. The fraction of sp³-hybridized carbons (Fsp3) is 0.438. The van der Waals surface area contributed by atoms with Crippen LogP contribution in [0.4, 0.5) is 0 Å². The van der Waals surface area contributed by atoms with E-state index >= 15 is 0 Å². The fourth-order valence-electron chi connectivity index (χ4n) is 1.62. The van der Waals surface area contributed by atoms with Gasteiger partial charge in [-0.3, -0.25) is 4.79 Å². The molecule has 0 radical (unpaired) electrons. The lowest BCUT2D eigenvalue weighted by Gasteiger charge is -2.07. The molecule has 1 rings (SSSR count). The molecule has 0 fully saturated rings. The van der Waals surface area contributed by atoms with Gasteiger partial charge in [-0.05, 0) is 18.6 Å². The van der Waals surface area contributed by atoms with Crippen LogP contribution in [0.3, 0.4) is 0 Å². The summed E-state index contributed by atoms with van der Waals surface area (Å²) in [5.41, 5.74) is 6.19. The number of hydrogen-bond donors (Lipinski definition) is 2. The van der Waals surface area contributed by atoms with Crippen LogP contribution in [0.15, 0.2) is 30.3 Å². The first kappa shape index (κ1) is 17.2. The molecule has 0 aromatic heterocycles. The zero-order valence-corrected chi connectivity index (χ0v) is 12.5. The van der Waals surface area contributed by atoms with E-state index in [2.05, 4.69) is 12.2 Å². The summed E-state index contributed by atoms with van der Waals surface area (Å²) in [6.07, 6.45) is 4.19. The van der Waals surface area contributed by atoms with Crippen molar-refractivity contribution in [2.45, 2.75) is 13.3 Å². The molecule has 5 heteroatoms. The predicted octanol–water partition coefficient (Wildman–Crippen LogP) is 1.58. The second-order valence-electron chi connectivity index (χ2n) is 4.41. The Bertz CT molecular complexity index is 447. The highest BCUT2D eigenvalue weighted by molar-refractivity contribution is 5.92. The normalized spacial score (nSPS) is 10.8. The number of carbonyl (C=O) groups excluding carboxylic acids is 1. The molecule has 0 unspecified atom stereocenters. The largest absolute Gasteiger partial charge is 0.493 e. The summed E-state index contributed by atoms with van der Waals surface area (Å²) in [6, 6.07) is 7.64. The summed E-state index contributed by atoms with van der Waals surface area (Å²) in [4.78, 5) is 11.7. The maximum atomic E-state index is 11.7.